The van der Waals surface area contributed by atoms with Gasteiger partial charge in [-0.1, -0.05) is 28.9 Å². The lowest BCUT2D eigenvalue weighted by atomic mass is 9.91. The van der Waals surface area contributed by atoms with Gasteiger partial charge in [-0.3, -0.25) is 4.79 Å². The molecule has 2 heterocycles. The molecule has 0 saturated carbocycles. The van der Waals surface area contributed by atoms with E-state index in [0.717, 1.165) is 47.1 Å². The molecule has 2 aromatic heterocycles. The summed E-state index contributed by atoms with van der Waals surface area (Å²) in [6.45, 7) is 3.69. The van der Waals surface area contributed by atoms with Gasteiger partial charge in [0.2, 0.25) is 5.91 Å². The van der Waals surface area contributed by atoms with Crippen LogP contribution in [-0.4, -0.2) is 16.0 Å². The number of H-pyrrole nitrogens is 1. The molecule has 5 nitrogen and oxygen atoms in total. The maximum Gasteiger partial charge on any atom is 0.225 e. The molecule has 1 aromatic carbocycles. The highest BCUT2D eigenvalue weighted by Gasteiger charge is 2.26. The number of fused-ring (bicyclic) bond motifs is 3. The van der Waals surface area contributed by atoms with E-state index in [1.165, 1.54) is 5.56 Å². The molecule has 4 rings (SSSR count). The molecule has 0 saturated heterocycles. The van der Waals surface area contributed by atoms with E-state index in [0.29, 0.717) is 10.8 Å². The fourth-order valence-corrected chi connectivity index (χ4v) is 3.98. The summed E-state index contributed by atoms with van der Waals surface area (Å²) in [4.78, 5) is 16.0. The SMILES string of the molecule is Cc1noc(C)c1CC(=O)N[C@H]1CCCc2c1[nH]c1c(Cl)cccc21. The van der Waals surface area contributed by atoms with E-state index in [2.05, 4.69) is 21.5 Å². The Morgan fingerprint density at radius 2 is 2.28 bits per heavy atom. The Morgan fingerprint density at radius 1 is 1.44 bits per heavy atom. The zero-order valence-corrected chi connectivity index (χ0v) is 15.0. The minimum atomic E-state index is -0.0167. The first-order valence-electron chi connectivity index (χ1n) is 8.54. The number of hydrogen-bond acceptors (Lipinski definition) is 3. The Kier molecular flexibility index (Phi) is 4.04. The quantitative estimate of drug-likeness (QED) is 0.739. The molecule has 0 aliphatic heterocycles. The van der Waals surface area contributed by atoms with Crippen molar-refractivity contribution in [3.63, 3.8) is 0 Å². The second kappa shape index (κ2) is 6.23. The largest absolute Gasteiger partial charge is 0.361 e. The van der Waals surface area contributed by atoms with Crippen molar-refractivity contribution in [1.82, 2.24) is 15.5 Å². The molecule has 1 aliphatic rings. The van der Waals surface area contributed by atoms with E-state index in [1.807, 2.05) is 26.0 Å². The van der Waals surface area contributed by atoms with Gasteiger partial charge in [0.25, 0.3) is 0 Å². The van der Waals surface area contributed by atoms with Crippen LogP contribution in [0.3, 0.4) is 0 Å². The highest BCUT2D eigenvalue weighted by molar-refractivity contribution is 6.35. The van der Waals surface area contributed by atoms with E-state index >= 15 is 0 Å². The average Bonchev–Trinajstić information content (AvgIpc) is 3.12. The van der Waals surface area contributed by atoms with Crippen molar-refractivity contribution in [3.8, 4) is 0 Å². The number of carbonyl (C=O) groups is 1. The Morgan fingerprint density at radius 3 is 3.04 bits per heavy atom. The van der Waals surface area contributed by atoms with Gasteiger partial charge in [-0.15, -0.1) is 0 Å². The first kappa shape index (κ1) is 16.2. The van der Waals surface area contributed by atoms with Crippen LogP contribution in [-0.2, 0) is 17.6 Å². The smallest absolute Gasteiger partial charge is 0.225 e. The van der Waals surface area contributed by atoms with Gasteiger partial charge in [0.15, 0.2) is 0 Å². The molecule has 1 aliphatic carbocycles. The highest BCUT2D eigenvalue weighted by Crippen LogP contribution is 2.37. The lowest BCUT2D eigenvalue weighted by Crippen LogP contribution is -2.32. The molecule has 1 amide bonds. The second-order valence-electron chi connectivity index (χ2n) is 6.67. The molecule has 0 spiro atoms. The molecule has 25 heavy (non-hydrogen) atoms. The first-order valence-corrected chi connectivity index (χ1v) is 8.92. The van der Waals surface area contributed by atoms with Crippen molar-refractivity contribution in [1.29, 1.82) is 0 Å². The topological polar surface area (TPSA) is 70.9 Å². The van der Waals surface area contributed by atoms with Gasteiger partial charge >= 0.3 is 0 Å². The van der Waals surface area contributed by atoms with Crippen LogP contribution in [0.2, 0.25) is 5.02 Å². The molecule has 3 aromatic rings. The van der Waals surface area contributed by atoms with E-state index in [4.69, 9.17) is 16.1 Å². The zero-order chi connectivity index (χ0) is 17.6. The summed E-state index contributed by atoms with van der Waals surface area (Å²) in [6, 6.07) is 5.93. The van der Waals surface area contributed by atoms with Gasteiger partial charge in [0.1, 0.15) is 5.76 Å². The third-order valence-electron chi connectivity index (χ3n) is 5.05. The third-order valence-corrected chi connectivity index (χ3v) is 5.36. The monoisotopic (exact) mass is 357 g/mol. The predicted molar refractivity (Wildman–Crippen MR) is 96.8 cm³/mol. The molecular formula is C19H20ClN3O2. The Bertz CT molecular complexity index is 938. The van der Waals surface area contributed by atoms with E-state index in [9.17, 15) is 4.79 Å². The van der Waals surface area contributed by atoms with Crippen molar-refractivity contribution in [2.45, 2.75) is 45.6 Å². The van der Waals surface area contributed by atoms with Crippen LogP contribution < -0.4 is 5.32 Å². The van der Waals surface area contributed by atoms with Crippen molar-refractivity contribution < 1.29 is 9.32 Å². The highest BCUT2D eigenvalue weighted by atomic mass is 35.5. The molecule has 0 fully saturated rings. The summed E-state index contributed by atoms with van der Waals surface area (Å²) in [5.74, 6) is 0.686. The molecular weight excluding hydrogens is 338 g/mol. The average molecular weight is 358 g/mol. The fourth-order valence-electron chi connectivity index (χ4n) is 3.76. The fraction of sp³-hybridized carbons (Fsp3) is 0.368. The molecule has 1 atom stereocenters. The number of hydrogen-bond donors (Lipinski definition) is 2. The van der Waals surface area contributed by atoms with Crippen LogP contribution in [0.1, 0.15) is 47.2 Å². The molecule has 0 unspecified atom stereocenters. The van der Waals surface area contributed by atoms with E-state index < -0.39 is 0 Å². The molecule has 0 bridgehead atoms. The standard InChI is InChI=1S/C19H20ClN3O2/c1-10-14(11(2)25-23-10)9-17(24)21-16-8-4-6-13-12-5-3-7-15(20)18(12)22-19(13)16/h3,5,7,16,22H,4,6,8-9H2,1-2H3,(H,21,24)/t16-/m0/s1. The minimum Gasteiger partial charge on any atom is -0.361 e. The summed E-state index contributed by atoms with van der Waals surface area (Å²) < 4.78 is 5.14. The molecule has 2 N–H and O–H groups in total. The molecule has 130 valence electrons. The normalized spacial score (nSPS) is 16.8. The number of amides is 1. The van der Waals surface area contributed by atoms with Crippen LogP contribution in [0.25, 0.3) is 10.9 Å². The molecule has 0 radical (unpaired) electrons. The lowest BCUT2D eigenvalue weighted by Gasteiger charge is -2.23. The number of aryl methyl sites for hydroxylation is 3. The van der Waals surface area contributed by atoms with Gasteiger partial charge < -0.3 is 14.8 Å². The van der Waals surface area contributed by atoms with E-state index in [1.54, 1.807) is 0 Å². The van der Waals surface area contributed by atoms with Crippen molar-refractivity contribution in [3.05, 3.63) is 51.5 Å². The molecule has 6 heteroatoms. The van der Waals surface area contributed by atoms with Gasteiger partial charge in [-0.05, 0) is 44.7 Å². The van der Waals surface area contributed by atoms with Gasteiger partial charge in [0, 0.05) is 16.6 Å². The number of carbonyl (C=O) groups excluding carboxylic acids is 1. The number of aromatic amines is 1. The number of para-hydroxylation sites is 1. The maximum absolute atomic E-state index is 12.6. The summed E-state index contributed by atoms with van der Waals surface area (Å²) in [6.07, 6.45) is 3.26. The number of nitrogens with zero attached hydrogens (tertiary/aromatic N) is 1. The summed E-state index contributed by atoms with van der Waals surface area (Å²) in [5.41, 5.74) is 4.96. The zero-order valence-electron chi connectivity index (χ0n) is 14.3. The predicted octanol–water partition coefficient (Wildman–Crippen LogP) is 4.16. The number of halogens is 1. The van der Waals surface area contributed by atoms with Gasteiger partial charge in [-0.2, -0.15) is 0 Å². The Labute approximate surface area is 150 Å². The number of nitrogens with one attached hydrogen (secondary N) is 2. The van der Waals surface area contributed by atoms with E-state index in [-0.39, 0.29) is 18.4 Å². The van der Waals surface area contributed by atoms with Crippen LogP contribution in [0.15, 0.2) is 22.7 Å². The second-order valence-corrected chi connectivity index (χ2v) is 7.08. The number of aromatic nitrogens is 2. The first-order chi connectivity index (χ1) is 12.0. The van der Waals surface area contributed by atoms with Crippen LogP contribution >= 0.6 is 11.6 Å². The third kappa shape index (κ3) is 2.82. The Balaban J connectivity index is 1.60. The van der Waals surface area contributed by atoms with Crippen molar-refractivity contribution in [2.75, 3.05) is 0 Å². The summed E-state index contributed by atoms with van der Waals surface area (Å²) in [5, 5.41) is 8.96. The summed E-state index contributed by atoms with van der Waals surface area (Å²) >= 11 is 6.32. The Hall–Kier alpha value is -2.27. The van der Waals surface area contributed by atoms with Crippen molar-refractivity contribution in [2.24, 2.45) is 0 Å². The number of benzene rings is 1. The van der Waals surface area contributed by atoms with Crippen LogP contribution in [0.4, 0.5) is 0 Å². The minimum absolute atomic E-state index is 0.0137. The van der Waals surface area contributed by atoms with Crippen molar-refractivity contribution >= 4 is 28.4 Å². The lowest BCUT2D eigenvalue weighted by molar-refractivity contribution is -0.121. The van der Waals surface area contributed by atoms with Crippen LogP contribution in [0.5, 0.6) is 0 Å². The van der Waals surface area contributed by atoms with Crippen LogP contribution in [0, 0.1) is 13.8 Å². The van der Waals surface area contributed by atoms with Gasteiger partial charge in [-0.25, -0.2) is 0 Å². The maximum atomic E-state index is 12.6. The van der Waals surface area contributed by atoms with Gasteiger partial charge in [0.05, 0.1) is 28.7 Å². The summed E-state index contributed by atoms with van der Waals surface area (Å²) in [7, 11) is 0. The number of rotatable bonds is 3.